The monoisotopic (exact) mass is 178 g/mol. The van der Waals surface area contributed by atoms with Gasteiger partial charge < -0.3 is 5.53 Å². The van der Waals surface area contributed by atoms with Crippen LogP contribution in [0, 0.1) is 5.41 Å². The summed E-state index contributed by atoms with van der Waals surface area (Å²) >= 11 is 0. The van der Waals surface area contributed by atoms with E-state index in [1.165, 1.54) is 51.4 Å². The van der Waals surface area contributed by atoms with Gasteiger partial charge in [-0.1, -0.05) is 25.7 Å². The molecule has 0 aliphatic heterocycles. The van der Waals surface area contributed by atoms with E-state index in [1.807, 2.05) is 0 Å². The summed E-state index contributed by atoms with van der Waals surface area (Å²) in [5.74, 6) is 0. The molecule has 0 amide bonds. The third-order valence-corrected chi connectivity index (χ3v) is 3.86. The maximum Gasteiger partial charge on any atom is 0.274 e. The molecule has 0 atom stereocenters. The zero-order valence-corrected chi connectivity index (χ0v) is 8.26. The van der Waals surface area contributed by atoms with E-state index in [0.29, 0.717) is 5.41 Å². The molecule has 0 aromatic rings. The minimum Gasteiger partial charge on any atom is -0.362 e. The molecule has 0 heterocycles. The molecule has 0 saturated heterocycles. The van der Waals surface area contributed by atoms with Crippen LogP contribution < -0.4 is 0 Å². The van der Waals surface area contributed by atoms with Crippen molar-refractivity contribution < 1.29 is 4.79 Å². The quantitative estimate of drug-likeness (QED) is 0.403. The van der Waals surface area contributed by atoms with Gasteiger partial charge in [0, 0.05) is 6.42 Å². The third kappa shape index (κ3) is 1.55. The molecular formula is C11H18N2. The Morgan fingerprint density at radius 1 is 0.923 bits per heavy atom. The van der Waals surface area contributed by atoms with Crippen LogP contribution in [0.4, 0.5) is 0 Å². The summed E-state index contributed by atoms with van der Waals surface area (Å²) in [6.45, 7) is 0. The summed E-state index contributed by atoms with van der Waals surface area (Å²) in [5.41, 5.74) is 10.4. The molecule has 1 spiro atoms. The first-order valence-electron chi connectivity index (χ1n) is 5.59. The highest BCUT2D eigenvalue weighted by Gasteiger charge is 2.44. The average Bonchev–Trinajstić information content (AvgIpc) is 2.20. The third-order valence-electron chi connectivity index (χ3n) is 3.86. The van der Waals surface area contributed by atoms with Gasteiger partial charge in [-0.25, -0.2) is 0 Å². The zero-order valence-electron chi connectivity index (χ0n) is 8.26. The first-order chi connectivity index (χ1) is 6.37. The molecule has 2 saturated carbocycles. The van der Waals surface area contributed by atoms with Gasteiger partial charge in [-0.2, -0.15) is 4.79 Å². The molecule has 0 N–H and O–H groups in total. The van der Waals surface area contributed by atoms with E-state index in [2.05, 4.69) is 4.79 Å². The highest BCUT2D eigenvalue weighted by molar-refractivity contribution is 5.86. The molecule has 2 aliphatic carbocycles. The maximum atomic E-state index is 9.00. The second kappa shape index (κ2) is 3.63. The van der Waals surface area contributed by atoms with E-state index in [4.69, 9.17) is 5.53 Å². The SMILES string of the molecule is [N-]=[N+]=C1CCCCC12CCCCC2. The lowest BCUT2D eigenvalue weighted by Crippen LogP contribution is -2.36. The van der Waals surface area contributed by atoms with E-state index in [-0.39, 0.29) is 0 Å². The Bertz CT molecular complexity index is 224. The number of hydrogen-bond acceptors (Lipinski definition) is 0. The molecule has 72 valence electrons. The van der Waals surface area contributed by atoms with Crippen molar-refractivity contribution in [2.45, 2.75) is 57.8 Å². The lowest BCUT2D eigenvalue weighted by molar-refractivity contribution is -0.0328. The van der Waals surface area contributed by atoms with Crippen LogP contribution in [-0.4, -0.2) is 10.5 Å². The average molecular weight is 178 g/mol. The van der Waals surface area contributed by atoms with Gasteiger partial charge in [-0.05, 0) is 25.7 Å². The summed E-state index contributed by atoms with van der Waals surface area (Å²) in [4.78, 5) is 3.54. The fourth-order valence-corrected chi connectivity index (χ4v) is 3.09. The van der Waals surface area contributed by atoms with Crippen molar-refractivity contribution in [2.75, 3.05) is 0 Å². The topological polar surface area (TPSA) is 36.4 Å². The van der Waals surface area contributed by atoms with Crippen molar-refractivity contribution in [1.82, 2.24) is 0 Å². The van der Waals surface area contributed by atoms with Gasteiger partial charge in [0.1, 0.15) is 0 Å². The molecule has 2 heteroatoms. The van der Waals surface area contributed by atoms with E-state index >= 15 is 0 Å². The van der Waals surface area contributed by atoms with Crippen molar-refractivity contribution in [3.8, 4) is 0 Å². The van der Waals surface area contributed by atoms with Crippen LogP contribution in [0.15, 0.2) is 0 Å². The fraction of sp³-hybridized carbons (Fsp3) is 0.909. The van der Waals surface area contributed by atoms with E-state index < -0.39 is 0 Å². The standard InChI is InChI=1S/C11H18N2/c12-13-10-6-2-5-9-11(10)7-3-1-4-8-11/h1-9H2. The molecule has 2 nitrogen and oxygen atoms in total. The van der Waals surface area contributed by atoms with Crippen molar-refractivity contribution in [3.05, 3.63) is 5.53 Å². The maximum absolute atomic E-state index is 9.00. The minimum absolute atomic E-state index is 0.325. The Labute approximate surface area is 80.0 Å². The molecule has 0 unspecified atom stereocenters. The van der Waals surface area contributed by atoms with Gasteiger partial charge in [0.05, 0.1) is 5.41 Å². The Kier molecular flexibility index (Phi) is 2.50. The van der Waals surface area contributed by atoms with Crippen molar-refractivity contribution in [1.29, 1.82) is 0 Å². The largest absolute Gasteiger partial charge is 0.362 e. The molecule has 0 bridgehead atoms. The van der Waals surface area contributed by atoms with E-state index in [0.717, 1.165) is 12.1 Å². The van der Waals surface area contributed by atoms with Crippen LogP contribution in [0.3, 0.4) is 0 Å². The van der Waals surface area contributed by atoms with Crippen LogP contribution >= 0.6 is 0 Å². The number of rotatable bonds is 0. The zero-order chi connectivity index (χ0) is 9.15. The van der Waals surface area contributed by atoms with Gasteiger partial charge in [0.2, 0.25) is 0 Å². The lowest BCUT2D eigenvalue weighted by Gasteiger charge is -2.36. The molecule has 2 fully saturated rings. The van der Waals surface area contributed by atoms with E-state index in [1.54, 1.807) is 0 Å². The number of nitrogens with zero attached hydrogens (tertiary/aromatic N) is 2. The van der Waals surface area contributed by atoms with Gasteiger partial charge in [-0.3, -0.25) is 0 Å². The molecule has 0 aromatic carbocycles. The van der Waals surface area contributed by atoms with Crippen molar-refractivity contribution >= 4 is 5.71 Å². The summed E-state index contributed by atoms with van der Waals surface area (Å²) in [7, 11) is 0. The van der Waals surface area contributed by atoms with E-state index in [9.17, 15) is 0 Å². The minimum atomic E-state index is 0.325. The predicted molar refractivity (Wildman–Crippen MR) is 52.6 cm³/mol. The van der Waals surface area contributed by atoms with Crippen LogP contribution in [-0.2, 0) is 0 Å². The Morgan fingerprint density at radius 3 is 2.15 bits per heavy atom. The van der Waals surface area contributed by atoms with Crippen molar-refractivity contribution in [3.63, 3.8) is 0 Å². The van der Waals surface area contributed by atoms with Crippen LogP contribution in [0.2, 0.25) is 0 Å². The summed E-state index contributed by atoms with van der Waals surface area (Å²) in [6, 6.07) is 0. The molecule has 0 radical (unpaired) electrons. The van der Waals surface area contributed by atoms with Crippen LogP contribution in [0.5, 0.6) is 0 Å². The predicted octanol–water partition coefficient (Wildman–Crippen LogP) is 3.18. The van der Waals surface area contributed by atoms with Crippen molar-refractivity contribution in [2.24, 2.45) is 5.41 Å². The molecular weight excluding hydrogens is 160 g/mol. The molecule has 2 aliphatic rings. The van der Waals surface area contributed by atoms with Gasteiger partial charge in [0.25, 0.3) is 5.71 Å². The Balaban J connectivity index is 2.20. The first kappa shape index (κ1) is 8.96. The summed E-state index contributed by atoms with van der Waals surface area (Å²) in [6.07, 6.45) is 11.4. The van der Waals surface area contributed by atoms with Crippen LogP contribution in [0.25, 0.3) is 5.53 Å². The van der Waals surface area contributed by atoms with Crippen LogP contribution in [0.1, 0.15) is 57.8 Å². The second-order valence-electron chi connectivity index (χ2n) is 4.59. The lowest BCUT2D eigenvalue weighted by atomic mass is 9.64. The molecule has 13 heavy (non-hydrogen) atoms. The smallest absolute Gasteiger partial charge is 0.274 e. The molecule has 2 rings (SSSR count). The fourth-order valence-electron chi connectivity index (χ4n) is 3.09. The first-order valence-corrected chi connectivity index (χ1v) is 5.59. The number of hydrogen-bond donors (Lipinski definition) is 0. The highest BCUT2D eigenvalue weighted by Crippen LogP contribution is 2.44. The molecule has 0 aromatic heterocycles. The summed E-state index contributed by atoms with van der Waals surface area (Å²) < 4.78 is 0. The van der Waals surface area contributed by atoms with Gasteiger partial charge in [-0.15, -0.1) is 0 Å². The van der Waals surface area contributed by atoms with Gasteiger partial charge >= 0.3 is 0 Å². The Morgan fingerprint density at radius 2 is 1.54 bits per heavy atom. The van der Waals surface area contributed by atoms with Gasteiger partial charge in [0.15, 0.2) is 0 Å². The normalized spacial score (nSPS) is 27.2. The highest BCUT2D eigenvalue weighted by atomic mass is 14.9. The Hall–Kier alpha value is -0.620. The second-order valence-corrected chi connectivity index (χ2v) is 4.59. The summed E-state index contributed by atoms with van der Waals surface area (Å²) in [5, 5.41) is 0.